The lowest BCUT2D eigenvalue weighted by molar-refractivity contribution is -0.124. The van der Waals surface area contributed by atoms with E-state index in [1.165, 1.54) is 0 Å². The maximum atomic E-state index is 13.2. The van der Waals surface area contributed by atoms with Crippen molar-refractivity contribution in [3.63, 3.8) is 0 Å². The molecule has 1 aliphatic heterocycles. The third-order valence-corrected chi connectivity index (χ3v) is 5.96. The van der Waals surface area contributed by atoms with Crippen molar-refractivity contribution in [3.8, 4) is 11.1 Å². The molecule has 2 amide bonds. The highest BCUT2D eigenvalue weighted by Gasteiger charge is 2.28. The number of rotatable bonds is 4. The van der Waals surface area contributed by atoms with Gasteiger partial charge in [0.05, 0.1) is 11.4 Å². The Bertz CT molecular complexity index is 1370. The second-order valence-electron chi connectivity index (χ2n) is 8.24. The highest BCUT2D eigenvalue weighted by molar-refractivity contribution is 5.97. The smallest absolute Gasteiger partial charge is 0.408 e. The monoisotopic (exact) mass is 441 g/mol. The molecular formula is C26H23N3O4. The van der Waals surface area contributed by atoms with Gasteiger partial charge in [0.15, 0.2) is 5.58 Å². The molecule has 4 aromatic rings. The molecule has 2 heterocycles. The molecule has 0 aliphatic carbocycles. The molecule has 0 bridgehead atoms. The van der Waals surface area contributed by atoms with Crippen LogP contribution in [0, 0.1) is 5.92 Å². The predicted octanol–water partition coefficient (Wildman–Crippen LogP) is 3.22. The number of hydrogen-bond donors (Lipinski definition) is 2. The van der Waals surface area contributed by atoms with Gasteiger partial charge in [-0.1, -0.05) is 54.6 Å². The Kier molecular flexibility index (Phi) is 5.52. The summed E-state index contributed by atoms with van der Waals surface area (Å²) in [5.74, 6) is -1.15. The number of H-pyrrole nitrogens is 1. The third kappa shape index (κ3) is 4.43. The minimum atomic E-state index is -0.558. The quantitative estimate of drug-likeness (QED) is 0.508. The summed E-state index contributed by atoms with van der Waals surface area (Å²) < 4.78 is 5.02. The SMILES string of the molecule is O=C1NCCN(C(=O)c2ccc3oc(=O)[nH]c3c2)C[C@@H]1Cc1cccc(-c2ccccc2)c1. The van der Waals surface area contributed by atoms with Gasteiger partial charge in [0, 0.05) is 25.2 Å². The molecule has 7 heteroatoms. The van der Waals surface area contributed by atoms with Crippen LogP contribution in [0.4, 0.5) is 0 Å². The van der Waals surface area contributed by atoms with E-state index in [9.17, 15) is 14.4 Å². The standard InChI is InChI=1S/C26H23N3O4/c30-24-21(14-17-5-4-8-19(13-17)18-6-2-1-3-7-18)16-29(12-11-27-24)25(31)20-9-10-23-22(15-20)28-26(32)33-23/h1-10,13,15,21H,11-12,14,16H2,(H,27,30)(H,28,32)/t21-/m0/s1. The van der Waals surface area contributed by atoms with Gasteiger partial charge in [0.2, 0.25) is 5.91 Å². The van der Waals surface area contributed by atoms with Crippen LogP contribution in [-0.4, -0.2) is 41.3 Å². The molecule has 166 valence electrons. The van der Waals surface area contributed by atoms with Gasteiger partial charge in [-0.15, -0.1) is 0 Å². The van der Waals surface area contributed by atoms with E-state index in [0.29, 0.717) is 42.7 Å². The first-order valence-corrected chi connectivity index (χ1v) is 10.9. The van der Waals surface area contributed by atoms with Crippen LogP contribution in [0.3, 0.4) is 0 Å². The van der Waals surface area contributed by atoms with Crippen molar-refractivity contribution in [1.29, 1.82) is 0 Å². The number of aromatic amines is 1. The molecule has 1 saturated heterocycles. The number of benzene rings is 3. The van der Waals surface area contributed by atoms with Crippen molar-refractivity contribution in [1.82, 2.24) is 15.2 Å². The van der Waals surface area contributed by atoms with Crippen LogP contribution in [0.1, 0.15) is 15.9 Å². The Labute approximate surface area is 190 Å². The lowest BCUT2D eigenvalue weighted by Crippen LogP contribution is -2.37. The Balaban J connectivity index is 1.36. The molecule has 1 atom stereocenters. The number of carbonyl (C=O) groups is 2. The van der Waals surface area contributed by atoms with Crippen LogP contribution in [0.15, 0.2) is 82.0 Å². The minimum Gasteiger partial charge on any atom is -0.408 e. The number of nitrogens with zero attached hydrogens (tertiary/aromatic N) is 1. The van der Waals surface area contributed by atoms with Crippen LogP contribution in [0.5, 0.6) is 0 Å². The van der Waals surface area contributed by atoms with E-state index in [2.05, 4.69) is 34.6 Å². The lowest BCUT2D eigenvalue weighted by atomic mass is 9.95. The second-order valence-corrected chi connectivity index (χ2v) is 8.24. The summed E-state index contributed by atoms with van der Waals surface area (Å²) in [6.07, 6.45) is 0.532. The number of fused-ring (bicyclic) bond motifs is 1. The minimum absolute atomic E-state index is 0.0509. The van der Waals surface area contributed by atoms with E-state index in [-0.39, 0.29) is 17.7 Å². The van der Waals surface area contributed by atoms with Gasteiger partial charge in [-0.05, 0) is 41.3 Å². The van der Waals surface area contributed by atoms with Gasteiger partial charge in [0.1, 0.15) is 0 Å². The summed E-state index contributed by atoms with van der Waals surface area (Å²) in [4.78, 5) is 41.7. The first-order valence-electron chi connectivity index (χ1n) is 10.9. The van der Waals surface area contributed by atoms with Crippen LogP contribution in [0.25, 0.3) is 22.2 Å². The van der Waals surface area contributed by atoms with Crippen molar-refractivity contribution < 1.29 is 14.0 Å². The lowest BCUT2D eigenvalue weighted by Gasteiger charge is -2.23. The topological polar surface area (TPSA) is 95.4 Å². The van der Waals surface area contributed by atoms with Crippen molar-refractivity contribution in [2.24, 2.45) is 5.92 Å². The first kappa shape index (κ1) is 20.8. The van der Waals surface area contributed by atoms with Gasteiger partial charge < -0.3 is 14.6 Å². The summed E-state index contributed by atoms with van der Waals surface area (Å²) in [5.41, 5.74) is 4.58. The summed E-state index contributed by atoms with van der Waals surface area (Å²) in [7, 11) is 0. The Hall–Kier alpha value is -4.13. The van der Waals surface area contributed by atoms with E-state index in [1.54, 1.807) is 23.1 Å². The molecule has 0 unspecified atom stereocenters. The Morgan fingerprint density at radius 2 is 1.79 bits per heavy atom. The maximum absolute atomic E-state index is 13.2. The van der Waals surface area contributed by atoms with E-state index < -0.39 is 5.76 Å². The summed E-state index contributed by atoms with van der Waals surface area (Å²) in [5, 5.41) is 2.94. The molecule has 1 aliphatic rings. The third-order valence-electron chi connectivity index (χ3n) is 5.96. The van der Waals surface area contributed by atoms with E-state index >= 15 is 0 Å². The molecule has 5 rings (SSSR count). The summed E-state index contributed by atoms with van der Waals surface area (Å²) >= 11 is 0. The zero-order valence-corrected chi connectivity index (χ0v) is 17.9. The highest BCUT2D eigenvalue weighted by atomic mass is 16.4. The van der Waals surface area contributed by atoms with Gasteiger partial charge in [-0.25, -0.2) is 4.79 Å². The molecule has 7 nitrogen and oxygen atoms in total. The van der Waals surface area contributed by atoms with E-state index in [4.69, 9.17) is 4.42 Å². The number of hydrogen-bond acceptors (Lipinski definition) is 4. The van der Waals surface area contributed by atoms with Gasteiger partial charge in [-0.3, -0.25) is 14.6 Å². The molecule has 0 spiro atoms. The fourth-order valence-corrected chi connectivity index (χ4v) is 4.30. The molecular weight excluding hydrogens is 418 g/mol. The van der Waals surface area contributed by atoms with Gasteiger partial charge >= 0.3 is 5.76 Å². The molecule has 33 heavy (non-hydrogen) atoms. The Morgan fingerprint density at radius 1 is 0.970 bits per heavy atom. The largest absolute Gasteiger partial charge is 0.417 e. The molecule has 1 fully saturated rings. The fourth-order valence-electron chi connectivity index (χ4n) is 4.30. The average molecular weight is 441 g/mol. The number of oxazole rings is 1. The number of amides is 2. The zero-order chi connectivity index (χ0) is 22.8. The first-order chi connectivity index (χ1) is 16.1. The number of nitrogens with one attached hydrogen (secondary N) is 2. The average Bonchev–Trinajstić information content (AvgIpc) is 3.12. The normalized spacial score (nSPS) is 16.4. The molecule has 0 saturated carbocycles. The van der Waals surface area contributed by atoms with Gasteiger partial charge in [0.25, 0.3) is 5.91 Å². The van der Waals surface area contributed by atoms with Crippen molar-refractivity contribution in [2.45, 2.75) is 6.42 Å². The van der Waals surface area contributed by atoms with Gasteiger partial charge in [-0.2, -0.15) is 0 Å². The molecule has 0 radical (unpaired) electrons. The van der Waals surface area contributed by atoms with Crippen LogP contribution in [-0.2, 0) is 11.2 Å². The molecule has 1 aromatic heterocycles. The second kappa shape index (κ2) is 8.78. The predicted molar refractivity (Wildman–Crippen MR) is 125 cm³/mol. The summed E-state index contributed by atoms with van der Waals surface area (Å²) in [6, 6.07) is 23.1. The van der Waals surface area contributed by atoms with Crippen molar-refractivity contribution >= 4 is 22.9 Å². The van der Waals surface area contributed by atoms with E-state index in [0.717, 1.165) is 16.7 Å². The summed E-state index contributed by atoms with van der Waals surface area (Å²) in [6.45, 7) is 1.14. The fraction of sp³-hybridized carbons (Fsp3) is 0.192. The molecule has 2 N–H and O–H groups in total. The number of aromatic nitrogens is 1. The van der Waals surface area contributed by atoms with E-state index in [1.807, 2.05) is 30.3 Å². The highest BCUT2D eigenvalue weighted by Crippen LogP contribution is 2.23. The maximum Gasteiger partial charge on any atom is 0.417 e. The van der Waals surface area contributed by atoms with Crippen LogP contribution >= 0.6 is 0 Å². The van der Waals surface area contributed by atoms with Crippen LogP contribution in [0.2, 0.25) is 0 Å². The zero-order valence-electron chi connectivity index (χ0n) is 17.9. The van der Waals surface area contributed by atoms with Crippen molar-refractivity contribution in [3.05, 3.63) is 94.5 Å². The van der Waals surface area contributed by atoms with Crippen LogP contribution < -0.4 is 11.1 Å². The van der Waals surface area contributed by atoms with Crippen molar-refractivity contribution in [2.75, 3.05) is 19.6 Å². The Morgan fingerprint density at radius 3 is 2.64 bits per heavy atom. The number of carbonyl (C=O) groups excluding carboxylic acids is 2. The molecule has 3 aromatic carbocycles.